The third kappa shape index (κ3) is 3.70. The Labute approximate surface area is 107 Å². The van der Waals surface area contributed by atoms with Crippen LogP contribution < -0.4 is 0 Å². The number of carbonyl (C=O) groups is 2. The molecule has 1 amide bonds. The third-order valence-electron chi connectivity index (χ3n) is 2.48. The molecule has 0 bridgehead atoms. The fraction of sp³-hybridized carbons (Fsp3) is 0.333. The highest BCUT2D eigenvalue weighted by Gasteiger charge is 2.42. The van der Waals surface area contributed by atoms with Gasteiger partial charge in [0.2, 0.25) is 0 Å². The van der Waals surface area contributed by atoms with Gasteiger partial charge in [-0.3, -0.25) is 9.59 Å². The van der Waals surface area contributed by atoms with Gasteiger partial charge in [-0.2, -0.15) is 8.78 Å². The average Bonchev–Trinajstić information content (AvgIpc) is 2.35. The molecule has 0 unspecified atom stereocenters. The number of aliphatic carboxylic acids is 1. The smallest absolute Gasteiger partial charge is 0.349 e. The molecule has 1 N–H and O–H groups in total. The number of alkyl halides is 2. The van der Waals surface area contributed by atoms with E-state index >= 15 is 0 Å². The fourth-order valence-corrected chi connectivity index (χ4v) is 1.39. The van der Waals surface area contributed by atoms with E-state index in [2.05, 4.69) is 0 Å². The van der Waals surface area contributed by atoms with Crippen molar-refractivity contribution in [1.82, 2.24) is 4.90 Å². The topological polar surface area (TPSA) is 57.6 Å². The maximum absolute atomic E-state index is 13.8. The van der Waals surface area contributed by atoms with Gasteiger partial charge < -0.3 is 10.0 Å². The fourth-order valence-electron chi connectivity index (χ4n) is 1.39. The van der Waals surface area contributed by atoms with Crippen molar-refractivity contribution in [3.05, 3.63) is 35.6 Å². The van der Waals surface area contributed by atoms with Gasteiger partial charge in [0.1, 0.15) is 5.82 Å². The van der Waals surface area contributed by atoms with E-state index < -0.39 is 35.6 Å². The Morgan fingerprint density at radius 2 is 1.79 bits per heavy atom. The molecule has 0 radical (unpaired) electrons. The summed E-state index contributed by atoms with van der Waals surface area (Å²) in [7, 11) is 1.09. The van der Waals surface area contributed by atoms with Gasteiger partial charge in [-0.15, -0.1) is 0 Å². The first kappa shape index (κ1) is 15.0. The number of hydrogen-bond donors (Lipinski definition) is 1. The van der Waals surface area contributed by atoms with E-state index in [4.69, 9.17) is 5.11 Å². The van der Waals surface area contributed by atoms with Gasteiger partial charge in [-0.25, -0.2) is 4.39 Å². The van der Waals surface area contributed by atoms with Crippen LogP contribution in [0.3, 0.4) is 0 Å². The lowest BCUT2D eigenvalue weighted by atomic mass is 10.1. The summed E-state index contributed by atoms with van der Waals surface area (Å²) in [6, 6.07) is 3.29. The molecule has 0 heterocycles. The van der Waals surface area contributed by atoms with Gasteiger partial charge in [-0.1, -0.05) is 0 Å². The van der Waals surface area contributed by atoms with Gasteiger partial charge in [0.05, 0.1) is 6.42 Å². The number of nitrogens with zero attached hydrogens (tertiary/aromatic N) is 1. The molecule has 0 fully saturated rings. The van der Waals surface area contributed by atoms with E-state index in [1.165, 1.54) is 0 Å². The molecule has 104 valence electrons. The Bertz CT molecular complexity index is 474. The maximum atomic E-state index is 13.8. The minimum Gasteiger partial charge on any atom is -0.481 e. The van der Waals surface area contributed by atoms with Gasteiger partial charge in [0, 0.05) is 19.2 Å². The number of amides is 1. The Balaban J connectivity index is 2.83. The molecular weight excluding hydrogens is 263 g/mol. The molecule has 19 heavy (non-hydrogen) atoms. The molecule has 0 aliphatic heterocycles. The van der Waals surface area contributed by atoms with Crippen LogP contribution in [0.25, 0.3) is 0 Å². The second-order valence-electron chi connectivity index (χ2n) is 3.95. The van der Waals surface area contributed by atoms with Crippen molar-refractivity contribution in [1.29, 1.82) is 0 Å². The molecule has 0 saturated carbocycles. The Morgan fingerprint density at radius 1 is 1.26 bits per heavy atom. The second kappa shape index (κ2) is 5.73. The molecule has 1 aromatic carbocycles. The van der Waals surface area contributed by atoms with E-state index in [0.29, 0.717) is 4.90 Å². The van der Waals surface area contributed by atoms with E-state index in [1.54, 1.807) is 0 Å². The highest BCUT2D eigenvalue weighted by molar-refractivity contribution is 5.85. The second-order valence-corrected chi connectivity index (χ2v) is 3.95. The lowest BCUT2D eigenvalue weighted by Gasteiger charge is -2.23. The van der Waals surface area contributed by atoms with E-state index in [-0.39, 0.29) is 6.54 Å². The monoisotopic (exact) mass is 275 g/mol. The molecule has 0 aromatic heterocycles. The molecule has 0 aliphatic rings. The molecule has 0 saturated heterocycles. The normalized spacial score (nSPS) is 11.2. The van der Waals surface area contributed by atoms with Crippen molar-refractivity contribution in [3.63, 3.8) is 0 Å². The zero-order valence-electron chi connectivity index (χ0n) is 10.1. The van der Waals surface area contributed by atoms with Crippen LogP contribution in [0.15, 0.2) is 24.3 Å². The summed E-state index contributed by atoms with van der Waals surface area (Å²) < 4.78 is 40.2. The zero-order chi connectivity index (χ0) is 14.6. The van der Waals surface area contributed by atoms with Crippen molar-refractivity contribution < 1.29 is 27.9 Å². The lowest BCUT2D eigenvalue weighted by molar-refractivity contribution is -0.158. The number of carboxylic acids is 1. The minimum absolute atomic E-state index is 0.328. The average molecular weight is 275 g/mol. The molecule has 0 aliphatic carbocycles. The number of benzene rings is 1. The molecule has 0 spiro atoms. The van der Waals surface area contributed by atoms with E-state index in [9.17, 15) is 22.8 Å². The summed E-state index contributed by atoms with van der Waals surface area (Å²) in [6.07, 6.45) is -0.429. The van der Waals surface area contributed by atoms with E-state index in [0.717, 1.165) is 31.3 Å². The summed E-state index contributed by atoms with van der Waals surface area (Å²) in [5.74, 6) is -7.22. The van der Waals surface area contributed by atoms with Crippen LogP contribution in [-0.4, -0.2) is 35.5 Å². The largest absolute Gasteiger partial charge is 0.481 e. The van der Waals surface area contributed by atoms with Crippen LogP contribution in [0, 0.1) is 5.82 Å². The lowest BCUT2D eigenvalue weighted by Crippen LogP contribution is -2.40. The van der Waals surface area contributed by atoms with Crippen LogP contribution in [0.2, 0.25) is 0 Å². The predicted molar refractivity (Wildman–Crippen MR) is 60.2 cm³/mol. The third-order valence-corrected chi connectivity index (χ3v) is 2.48. The molecule has 7 heteroatoms. The molecule has 4 nitrogen and oxygen atoms in total. The molecular formula is C12H12F3NO3. The first-order valence-electron chi connectivity index (χ1n) is 5.36. The molecule has 0 atom stereocenters. The van der Waals surface area contributed by atoms with Crippen molar-refractivity contribution in [2.45, 2.75) is 12.3 Å². The molecule has 1 aromatic rings. The summed E-state index contributed by atoms with van der Waals surface area (Å²) in [4.78, 5) is 22.5. The number of carboxylic acid groups (broad SMARTS) is 1. The SMILES string of the molecule is CN(CCC(=O)O)C(=O)C(F)(F)c1ccc(F)cc1. The van der Waals surface area contributed by atoms with Gasteiger partial charge in [0.25, 0.3) is 5.91 Å². The van der Waals surface area contributed by atoms with Crippen LogP contribution in [0.1, 0.15) is 12.0 Å². The van der Waals surface area contributed by atoms with Gasteiger partial charge in [-0.05, 0) is 24.3 Å². The zero-order valence-corrected chi connectivity index (χ0v) is 10.1. The van der Waals surface area contributed by atoms with Crippen LogP contribution in [0.5, 0.6) is 0 Å². The summed E-state index contributed by atoms with van der Waals surface area (Å²) in [5, 5.41) is 8.43. The minimum atomic E-state index is -3.82. The highest BCUT2D eigenvalue weighted by atomic mass is 19.3. The summed E-state index contributed by atoms with van der Waals surface area (Å²) in [6.45, 7) is -0.328. The summed E-state index contributed by atoms with van der Waals surface area (Å²) >= 11 is 0. The van der Waals surface area contributed by atoms with E-state index in [1.807, 2.05) is 0 Å². The van der Waals surface area contributed by atoms with Crippen LogP contribution in [-0.2, 0) is 15.5 Å². The Morgan fingerprint density at radius 3 is 2.26 bits per heavy atom. The van der Waals surface area contributed by atoms with Crippen molar-refractivity contribution in [3.8, 4) is 0 Å². The predicted octanol–water partition coefficient (Wildman–Crippen LogP) is 1.85. The van der Waals surface area contributed by atoms with Crippen LogP contribution in [0.4, 0.5) is 13.2 Å². The standard InChI is InChI=1S/C12H12F3NO3/c1-16(7-6-10(17)18)11(19)12(14,15)8-2-4-9(13)5-3-8/h2-5H,6-7H2,1H3,(H,17,18). The summed E-state index contributed by atoms with van der Waals surface area (Å²) in [5.41, 5.74) is -0.638. The van der Waals surface area contributed by atoms with Crippen molar-refractivity contribution >= 4 is 11.9 Å². The quantitative estimate of drug-likeness (QED) is 0.892. The maximum Gasteiger partial charge on any atom is 0.349 e. The van der Waals surface area contributed by atoms with Crippen LogP contribution >= 0.6 is 0 Å². The van der Waals surface area contributed by atoms with Crippen molar-refractivity contribution in [2.75, 3.05) is 13.6 Å². The Kier molecular flexibility index (Phi) is 4.52. The highest BCUT2D eigenvalue weighted by Crippen LogP contribution is 2.30. The Hall–Kier alpha value is -2.05. The van der Waals surface area contributed by atoms with Gasteiger partial charge >= 0.3 is 11.9 Å². The first-order valence-corrected chi connectivity index (χ1v) is 5.36. The van der Waals surface area contributed by atoms with Crippen molar-refractivity contribution in [2.24, 2.45) is 0 Å². The number of hydrogen-bond acceptors (Lipinski definition) is 2. The number of rotatable bonds is 5. The number of likely N-dealkylation sites (N-methyl/N-ethyl adjacent to an activating group) is 1. The first-order chi connectivity index (χ1) is 8.75. The number of halogens is 3. The molecule has 1 rings (SSSR count). The number of carbonyl (C=O) groups excluding carboxylic acids is 1. The van der Waals surface area contributed by atoms with Gasteiger partial charge in [0.15, 0.2) is 0 Å².